The summed E-state index contributed by atoms with van der Waals surface area (Å²) in [5, 5.41) is 16.9. The Hall–Kier alpha value is -2.01. The first kappa shape index (κ1) is 13.4. The van der Waals surface area contributed by atoms with Crippen molar-refractivity contribution in [2.45, 2.75) is 12.8 Å². The second kappa shape index (κ2) is 6.24. The van der Waals surface area contributed by atoms with Crippen molar-refractivity contribution in [3.63, 3.8) is 0 Å². The molecule has 0 atom stereocenters. The molecule has 0 amide bonds. The molecule has 1 aromatic heterocycles. The standard InChI is InChI=1S/C14H20N4O/c1-18-14(9-11-3-5-12(19)6-4-11)13(10-17-18)16-8-2-7-15/h3-6,10,16,19H,2,7-9,15H2,1H3. The fourth-order valence-corrected chi connectivity index (χ4v) is 1.95. The number of aromatic nitrogens is 2. The van der Waals surface area contributed by atoms with Gasteiger partial charge in [0.25, 0.3) is 0 Å². The van der Waals surface area contributed by atoms with Crippen molar-refractivity contribution in [3.8, 4) is 5.75 Å². The second-order valence-electron chi connectivity index (χ2n) is 4.54. The van der Waals surface area contributed by atoms with E-state index in [0.717, 1.165) is 36.3 Å². The topological polar surface area (TPSA) is 76.1 Å². The summed E-state index contributed by atoms with van der Waals surface area (Å²) in [7, 11) is 1.93. The van der Waals surface area contributed by atoms with E-state index in [-0.39, 0.29) is 5.75 Å². The van der Waals surface area contributed by atoms with E-state index in [9.17, 15) is 5.11 Å². The zero-order chi connectivity index (χ0) is 13.7. The molecule has 2 aromatic rings. The van der Waals surface area contributed by atoms with Crippen LogP contribution in [0.1, 0.15) is 17.7 Å². The number of hydrogen-bond acceptors (Lipinski definition) is 4. The van der Waals surface area contributed by atoms with E-state index in [4.69, 9.17) is 5.73 Å². The molecule has 0 aliphatic carbocycles. The van der Waals surface area contributed by atoms with Gasteiger partial charge in [-0.25, -0.2) is 0 Å². The van der Waals surface area contributed by atoms with Gasteiger partial charge in [0.1, 0.15) is 5.75 Å². The molecule has 0 fully saturated rings. The predicted molar refractivity (Wildman–Crippen MR) is 76.3 cm³/mol. The van der Waals surface area contributed by atoms with Crippen LogP contribution >= 0.6 is 0 Å². The maximum atomic E-state index is 9.29. The molecule has 0 bridgehead atoms. The smallest absolute Gasteiger partial charge is 0.115 e. The Labute approximate surface area is 113 Å². The summed E-state index contributed by atoms with van der Waals surface area (Å²) in [6.07, 6.45) is 3.56. The number of nitrogens with two attached hydrogens (primary N) is 1. The minimum atomic E-state index is 0.287. The number of hydrogen-bond donors (Lipinski definition) is 3. The van der Waals surface area contributed by atoms with Gasteiger partial charge in [0.05, 0.1) is 17.6 Å². The molecule has 2 rings (SSSR count). The van der Waals surface area contributed by atoms with Crippen LogP contribution in [0, 0.1) is 0 Å². The lowest BCUT2D eigenvalue weighted by atomic mass is 10.1. The third-order valence-electron chi connectivity index (χ3n) is 3.07. The molecule has 1 aromatic carbocycles. The number of phenolic OH excluding ortho intramolecular Hbond substituents is 1. The predicted octanol–water partition coefficient (Wildman–Crippen LogP) is 1.48. The van der Waals surface area contributed by atoms with Crippen LogP contribution in [-0.2, 0) is 13.5 Å². The zero-order valence-electron chi connectivity index (χ0n) is 11.1. The average Bonchev–Trinajstić information content (AvgIpc) is 2.74. The Balaban J connectivity index is 2.10. The van der Waals surface area contributed by atoms with Crippen molar-refractivity contribution in [2.75, 3.05) is 18.4 Å². The van der Waals surface area contributed by atoms with E-state index < -0.39 is 0 Å². The summed E-state index contributed by atoms with van der Waals surface area (Å²) >= 11 is 0. The maximum Gasteiger partial charge on any atom is 0.115 e. The minimum Gasteiger partial charge on any atom is -0.508 e. The van der Waals surface area contributed by atoms with Gasteiger partial charge < -0.3 is 16.2 Å². The molecule has 0 spiro atoms. The van der Waals surface area contributed by atoms with Gasteiger partial charge in [-0.15, -0.1) is 0 Å². The summed E-state index contributed by atoms with van der Waals surface area (Å²) in [6, 6.07) is 7.25. The fourth-order valence-electron chi connectivity index (χ4n) is 1.95. The summed E-state index contributed by atoms with van der Waals surface area (Å²) in [6.45, 7) is 1.53. The molecule has 5 heteroatoms. The van der Waals surface area contributed by atoms with Gasteiger partial charge in [0, 0.05) is 20.0 Å². The monoisotopic (exact) mass is 260 g/mol. The Morgan fingerprint density at radius 3 is 2.74 bits per heavy atom. The normalized spacial score (nSPS) is 10.6. The van der Waals surface area contributed by atoms with Crippen LogP contribution in [0.25, 0.3) is 0 Å². The fraction of sp³-hybridized carbons (Fsp3) is 0.357. The van der Waals surface area contributed by atoms with Crippen molar-refractivity contribution in [2.24, 2.45) is 12.8 Å². The van der Waals surface area contributed by atoms with Crippen LogP contribution in [0.5, 0.6) is 5.75 Å². The summed E-state index contributed by atoms with van der Waals surface area (Å²) in [5.41, 5.74) is 8.80. The molecular formula is C14H20N4O. The lowest BCUT2D eigenvalue weighted by Crippen LogP contribution is -2.10. The molecular weight excluding hydrogens is 240 g/mol. The molecule has 0 saturated heterocycles. The van der Waals surface area contributed by atoms with Gasteiger partial charge in [-0.2, -0.15) is 5.10 Å². The first-order chi connectivity index (χ1) is 9.20. The average molecular weight is 260 g/mol. The molecule has 0 aliphatic heterocycles. The summed E-state index contributed by atoms with van der Waals surface area (Å²) in [4.78, 5) is 0. The highest BCUT2D eigenvalue weighted by molar-refractivity contribution is 5.48. The van der Waals surface area contributed by atoms with Crippen LogP contribution in [-0.4, -0.2) is 28.0 Å². The number of aromatic hydroxyl groups is 1. The van der Waals surface area contributed by atoms with Crippen LogP contribution < -0.4 is 11.1 Å². The number of nitrogens with one attached hydrogen (secondary N) is 1. The Morgan fingerprint density at radius 2 is 2.05 bits per heavy atom. The van der Waals surface area contributed by atoms with Crippen LogP contribution in [0.15, 0.2) is 30.5 Å². The van der Waals surface area contributed by atoms with Gasteiger partial charge in [0.2, 0.25) is 0 Å². The Morgan fingerprint density at radius 1 is 1.32 bits per heavy atom. The molecule has 1 heterocycles. The van der Waals surface area contributed by atoms with E-state index >= 15 is 0 Å². The molecule has 0 unspecified atom stereocenters. The maximum absolute atomic E-state index is 9.29. The largest absolute Gasteiger partial charge is 0.508 e. The lowest BCUT2D eigenvalue weighted by Gasteiger charge is -2.08. The van der Waals surface area contributed by atoms with E-state index in [2.05, 4.69) is 10.4 Å². The molecule has 19 heavy (non-hydrogen) atoms. The van der Waals surface area contributed by atoms with E-state index in [1.54, 1.807) is 12.1 Å². The number of phenols is 1. The number of anilines is 1. The number of aryl methyl sites for hydroxylation is 1. The quantitative estimate of drug-likeness (QED) is 0.688. The third kappa shape index (κ3) is 3.48. The highest BCUT2D eigenvalue weighted by Crippen LogP contribution is 2.19. The lowest BCUT2D eigenvalue weighted by molar-refractivity contribution is 0.475. The van der Waals surface area contributed by atoms with E-state index in [0.29, 0.717) is 6.54 Å². The van der Waals surface area contributed by atoms with Crippen LogP contribution in [0.4, 0.5) is 5.69 Å². The first-order valence-corrected chi connectivity index (χ1v) is 6.43. The second-order valence-corrected chi connectivity index (χ2v) is 4.54. The summed E-state index contributed by atoms with van der Waals surface area (Å²) in [5.74, 6) is 0.287. The van der Waals surface area contributed by atoms with Crippen LogP contribution in [0.2, 0.25) is 0 Å². The number of benzene rings is 1. The van der Waals surface area contributed by atoms with Gasteiger partial charge >= 0.3 is 0 Å². The van der Waals surface area contributed by atoms with Crippen molar-refractivity contribution in [3.05, 3.63) is 41.7 Å². The number of nitrogens with zero attached hydrogens (tertiary/aromatic N) is 2. The number of rotatable bonds is 6. The Bertz CT molecular complexity index is 519. The highest BCUT2D eigenvalue weighted by atomic mass is 16.3. The first-order valence-electron chi connectivity index (χ1n) is 6.43. The molecule has 0 saturated carbocycles. The van der Waals surface area contributed by atoms with Gasteiger partial charge in [-0.1, -0.05) is 12.1 Å². The van der Waals surface area contributed by atoms with Gasteiger partial charge in [-0.3, -0.25) is 4.68 Å². The minimum absolute atomic E-state index is 0.287. The third-order valence-corrected chi connectivity index (χ3v) is 3.07. The molecule has 4 N–H and O–H groups in total. The van der Waals surface area contributed by atoms with Crippen molar-refractivity contribution in [1.82, 2.24) is 9.78 Å². The van der Waals surface area contributed by atoms with Crippen LogP contribution in [0.3, 0.4) is 0 Å². The Kier molecular flexibility index (Phi) is 4.41. The van der Waals surface area contributed by atoms with Gasteiger partial charge in [-0.05, 0) is 30.7 Å². The molecule has 0 radical (unpaired) electrons. The molecule has 0 aliphatic rings. The molecule has 102 valence electrons. The zero-order valence-corrected chi connectivity index (χ0v) is 11.1. The van der Waals surface area contributed by atoms with E-state index in [1.807, 2.05) is 30.1 Å². The van der Waals surface area contributed by atoms with E-state index in [1.165, 1.54) is 0 Å². The summed E-state index contributed by atoms with van der Waals surface area (Å²) < 4.78 is 1.87. The SMILES string of the molecule is Cn1ncc(NCCCN)c1Cc1ccc(O)cc1. The highest BCUT2D eigenvalue weighted by Gasteiger charge is 2.08. The van der Waals surface area contributed by atoms with Crippen molar-refractivity contribution < 1.29 is 5.11 Å². The van der Waals surface area contributed by atoms with Crippen molar-refractivity contribution >= 4 is 5.69 Å². The molecule has 5 nitrogen and oxygen atoms in total. The van der Waals surface area contributed by atoms with Crippen molar-refractivity contribution in [1.29, 1.82) is 0 Å². The van der Waals surface area contributed by atoms with Gasteiger partial charge in [0.15, 0.2) is 0 Å².